The zero-order valence-corrected chi connectivity index (χ0v) is 11.7. The molecule has 17 heavy (non-hydrogen) atoms. The average Bonchev–Trinajstić information content (AvgIpc) is 2.75. The van der Waals surface area contributed by atoms with Crippen LogP contribution in [0.25, 0.3) is 0 Å². The molecule has 0 aliphatic carbocycles. The molecule has 0 bridgehead atoms. The van der Waals surface area contributed by atoms with Gasteiger partial charge in [-0.05, 0) is 25.3 Å². The highest BCUT2D eigenvalue weighted by molar-refractivity contribution is 7.10. The predicted octanol–water partition coefficient (Wildman–Crippen LogP) is 2.14. The quantitative estimate of drug-likeness (QED) is 0.914. The van der Waals surface area contributed by atoms with Crippen LogP contribution in [0.4, 0.5) is 0 Å². The van der Waals surface area contributed by atoms with Gasteiger partial charge in [-0.3, -0.25) is 4.90 Å². The highest BCUT2D eigenvalue weighted by Crippen LogP contribution is 2.27. The van der Waals surface area contributed by atoms with Gasteiger partial charge in [0.25, 0.3) is 0 Å². The van der Waals surface area contributed by atoms with Crippen LogP contribution >= 0.6 is 23.1 Å². The van der Waals surface area contributed by atoms with Gasteiger partial charge in [0.15, 0.2) is 0 Å². The number of piperidine rings is 1. The summed E-state index contributed by atoms with van der Waals surface area (Å²) in [5, 5.41) is 4.07. The maximum Gasteiger partial charge on any atom is 0.138 e. The summed E-state index contributed by atoms with van der Waals surface area (Å²) in [5.74, 6) is 0.823. The SMILES string of the molecule is CCC1CCN(Cc2nnsc2Cl)C(CN)C1. The van der Waals surface area contributed by atoms with E-state index in [-0.39, 0.29) is 0 Å². The maximum absolute atomic E-state index is 6.04. The van der Waals surface area contributed by atoms with E-state index in [0.29, 0.717) is 16.9 Å². The van der Waals surface area contributed by atoms with Crippen molar-refractivity contribution >= 4 is 23.1 Å². The van der Waals surface area contributed by atoms with Crippen LogP contribution in [0.1, 0.15) is 31.9 Å². The van der Waals surface area contributed by atoms with Crippen molar-refractivity contribution in [2.75, 3.05) is 13.1 Å². The van der Waals surface area contributed by atoms with E-state index in [2.05, 4.69) is 21.4 Å². The molecule has 6 heteroatoms. The topological polar surface area (TPSA) is 55.0 Å². The van der Waals surface area contributed by atoms with Crippen molar-refractivity contribution in [3.63, 3.8) is 0 Å². The minimum absolute atomic E-state index is 0.464. The smallest absolute Gasteiger partial charge is 0.138 e. The van der Waals surface area contributed by atoms with Crippen LogP contribution in [0.2, 0.25) is 4.34 Å². The molecule has 0 amide bonds. The molecule has 2 N–H and O–H groups in total. The van der Waals surface area contributed by atoms with Gasteiger partial charge in [-0.1, -0.05) is 29.4 Å². The largest absolute Gasteiger partial charge is 0.329 e. The third kappa shape index (κ3) is 3.16. The molecule has 1 fully saturated rings. The van der Waals surface area contributed by atoms with Crippen molar-refractivity contribution in [3.05, 3.63) is 10.0 Å². The average molecular weight is 275 g/mol. The summed E-state index contributed by atoms with van der Waals surface area (Å²) >= 11 is 7.29. The lowest BCUT2D eigenvalue weighted by atomic mass is 9.89. The number of nitrogens with two attached hydrogens (primary N) is 1. The first-order chi connectivity index (χ1) is 8.24. The highest BCUT2D eigenvalue weighted by atomic mass is 35.5. The van der Waals surface area contributed by atoms with Crippen LogP contribution in [-0.4, -0.2) is 33.6 Å². The highest BCUT2D eigenvalue weighted by Gasteiger charge is 2.27. The summed E-state index contributed by atoms with van der Waals surface area (Å²) in [7, 11) is 0. The number of likely N-dealkylation sites (tertiary alicyclic amines) is 1. The summed E-state index contributed by atoms with van der Waals surface area (Å²) in [6.07, 6.45) is 3.70. The van der Waals surface area contributed by atoms with Crippen LogP contribution < -0.4 is 5.73 Å². The van der Waals surface area contributed by atoms with Gasteiger partial charge < -0.3 is 5.73 Å². The van der Waals surface area contributed by atoms with E-state index in [4.69, 9.17) is 17.3 Å². The molecule has 0 spiro atoms. The molecule has 0 saturated carbocycles. The van der Waals surface area contributed by atoms with Crippen molar-refractivity contribution in [2.24, 2.45) is 11.7 Å². The summed E-state index contributed by atoms with van der Waals surface area (Å²) in [6, 6.07) is 0.464. The fourth-order valence-corrected chi connectivity index (χ4v) is 3.10. The van der Waals surface area contributed by atoms with E-state index in [1.54, 1.807) is 0 Å². The van der Waals surface area contributed by atoms with Gasteiger partial charge in [-0.25, -0.2) is 0 Å². The van der Waals surface area contributed by atoms with Crippen LogP contribution in [0.15, 0.2) is 0 Å². The lowest BCUT2D eigenvalue weighted by Gasteiger charge is -2.38. The van der Waals surface area contributed by atoms with E-state index in [9.17, 15) is 0 Å². The van der Waals surface area contributed by atoms with Gasteiger partial charge in [-0.2, -0.15) is 0 Å². The molecule has 1 aromatic rings. The number of hydrogen-bond acceptors (Lipinski definition) is 5. The zero-order valence-electron chi connectivity index (χ0n) is 10.1. The van der Waals surface area contributed by atoms with E-state index < -0.39 is 0 Å². The summed E-state index contributed by atoms with van der Waals surface area (Å²) in [4.78, 5) is 2.40. The molecule has 1 aliphatic rings. The third-order valence-electron chi connectivity index (χ3n) is 3.66. The normalized spacial score (nSPS) is 26.3. The van der Waals surface area contributed by atoms with Gasteiger partial charge in [0.05, 0.1) is 0 Å². The van der Waals surface area contributed by atoms with Crippen molar-refractivity contribution in [3.8, 4) is 0 Å². The molecule has 2 heterocycles. The van der Waals surface area contributed by atoms with Gasteiger partial charge in [0.1, 0.15) is 10.0 Å². The molecular formula is C11H19ClN4S. The van der Waals surface area contributed by atoms with E-state index in [1.165, 1.54) is 30.8 Å². The molecule has 1 saturated heterocycles. The fraction of sp³-hybridized carbons (Fsp3) is 0.818. The Bertz CT molecular complexity index is 357. The molecule has 2 unspecified atom stereocenters. The Balaban J connectivity index is 1.98. The second kappa shape index (κ2) is 6.09. The Kier molecular flexibility index (Phi) is 4.73. The Morgan fingerprint density at radius 3 is 3.00 bits per heavy atom. The molecule has 1 aliphatic heterocycles. The van der Waals surface area contributed by atoms with Crippen molar-refractivity contribution < 1.29 is 0 Å². The summed E-state index contributed by atoms with van der Waals surface area (Å²) in [5.41, 5.74) is 6.76. The van der Waals surface area contributed by atoms with E-state index in [0.717, 1.165) is 24.7 Å². The fourth-order valence-electron chi connectivity index (χ4n) is 2.49. The Labute approximate surface area is 111 Å². The standard InChI is InChI=1S/C11H19ClN4S/c1-2-8-3-4-16(9(5-8)6-13)7-10-11(12)17-15-14-10/h8-9H,2-7,13H2,1H3. The van der Waals surface area contributed by atoms with Gasteiger partial charge in [-0.15, -0.1) is 5.10 Å². The Morgan fingerprint density at radius 2 is 2.41 bits per heavy atom. The second-order valence-corrected chi connectivity index (χ2v) is 6.01. The van der Waals surface area contributed by atoms with Gasteiger partial charge >= 0.3 is 0 Å². The molecule has 1 aromatic heterocycles. The Morgan fingerprint density at radius 1 is 1.59 bits per heavy atom. The molecule has 4 nitrogen and oxygen atoms in total. The first-order valence-corrected chi connectivity index (χ1v) is 7.30. The minimum atomic E-state index is 0.464. The molecule has 2 rings (SSSR count). The number of aromatic nitrogens is 2. The lowest BCUT2D eigenvalue weighted by molar-refractivity contribution is 0.106. The maximum atomic E-state index is 6.04. The number of halogens is 1. The van der Waals surface area contributed by atoms with Crippen molar-refractivity contribution in [1.29, 1.82) is 0 Å². The number of hydrogen-bond donors (Lipinski definition) is 1. The summed E-state index contributed by atoms with van der Waals surface area (Å²) < 4.78 is 4.58. The van der Waals surface area contributed by atoms with Crippen LogP contribution in [0, 0.1) is 5.92 Å². The molecule has 0 aromatic carbocycles. The zero-order chi connectivity index (χ0) is 12.3. The number of rotatable bonds is 4. The van der Waals surface area contributed by atoms with Crippen LogP contribution in [0.5, 0.6) is 0 Å². The second-order valence-electron chi connectivity index (χ2n) is 4.65. The first-order valence-electron chi connectivity index (χ1n) is 6.15. The molecular weight excluding hydrogens is 256 g/mol. The molecule has 0 radical (unpaired) electrons. The van der Waals surface area contributed by atoms with Crippen molar-refractivity contribution in [1.82, 2.24) is 14.5 Å². The summed E-state index contributed by atoms with van der Waals surface area (Å²) in [6.45, 7) is 4.85. The van der Waals surface area contributed by atoms with E-state index in [1.807, 2.05) is 0 Å². The van der Waals surface area contributed by atoms with Crippen LogP contribution in [0.3, 0.4) is 0 Å². The van der Waals surface area contributed by atoms with Crippen molar-refractivity contribution in [2.45, 2.75) is 38.8 Å². The predicted molar refractivity (Wildman–Crippen MR) is 71.2 cm³/mol. The van der Waals surface area contributed by atoms with Gasteiger partial charge in [0, 0.05) is 30.7 Å². The minimum Gasteiger partial charge on any atom is -0.329 e. The molecule has 2 atom stereocenters. The van der Waals surface area contributed by atoms with E-state index >= 15 is 0 Å². The van der Waals surface area contributed by atoms with Gasteiger partial charge in [0.2, 0.25) is 0 Å². The lowest BCUT2D eigenvalue weighted by Crippen LogP contribution is -2.46. The number of nitrogens with zero attached hydrogens (tertiary/aromatic N) is 3. The molecule has 96 valence electrons. The monoisotopic (exact) mass is 274 g/mol. The first kappa shape index (κ1) is 13.2. The Hall–Kier alpha value is -0.230. The third-order valence-corrected chi connectivity index (χ3v) is 4.64. The van der Waals surface area contributed by atoms with Crippen LogP contribution in [-0.2, 0) is 6.54 Å².